The monoisotopic (exact) mass is 561 g/mol. The van der Waals surface area contributed by atoms with Crippen LogP contribution in [0.15, 0.2) is 64.3 Å². The number of piperidine rings is 1. The first kappa shape index (κ1) is 27.1. The van der Waals surface area contributed by atoms with Crippen molar-refractivity contribution in [3.8, 4) is 0 Å². The molecular weight excluding hydrogens is 530 g/mol. The standard InChI is InChI=1S/C30H31N3O4S2/c1-3-32-24-13-9-8-12-22(24)26(31-16-14-21(15-17-31)29(36)37-4-2)23(27(32)34)18-25-28(35)33(30(38)39-25)19-20-10-6-5-7-11-20/h5-13,18,21H,3-4,14-17,19H2,1-2H3. The summed E-state index contributed by atoms with van der Waals surface area (Å²) in [6.45, 7) is 6.23. The number of thiocarbonyl (C=S) groups is 1. The highest BCUT2D eigenvalue weighted by atomic mass is 32.2. The predicted octanol–water partition coefficient (Wildman–Crippen LogP) is 5.20. The Morgan fingerprint density at radius 2 is 1.74 bits per heavy atom. The minimum absolute atomic E-state index is 0.146. The van der Waals surface area contributed by atoms with E-state index in [1.54, 1.807) is 15.5 Å². The van der Waals surface area contributed by atoms with Gasteiger partial charge in [-0.05, 0) is 44.4 Å². The van der Waals surface area contributed by atoms with Gasteiger partial charge in [-0.1, -0.05) is 72.5 Å². The fraction of sp³-hybridized carbons (Fsp3) is 0.333. The van der Waals surface area contributed by atoms with Crippen molar-refractivity contribution in [3.63, 3.8) is 0 Å². The maximum absolute atomic E-state index is 13.9. The van der Waals surface area contributed by atoms with Crippen LogP contribution in [0.4, 0.5) is 5.69 Å². The molecule has 0 atom stereocenters. The molecule has 0 unspecified atom stereocenters. The van der Waals surface area contributed by atoms with Crippen LogP contribution in [-0.4, -0.2) is 45.4 Å². The van der Waals surface area contributed by atoms with E-state index in [0.29, 0.717) is 60.4 Å². The number of carbonyl (C=O) groups excluding carboxylic acids is 2. The largest absolute Gasteiger partial charge is 0.466 e. The molecule has 3 heterocycles. The van der Waals surface area contributed by atoms with Crippen molar-refractivity contribution in [3.05, 3.63) is 81.0 Å². The molecule has 2 saturated heterocycles. The number of pyridine rings is 1. The molecule has 39 heavy (non-hydrogen) atoms. The number of hydrogen-bond acceptors (Lipinski definition) is 7. The van der Waals surface area contributed by atoms with Gasteiger partial charge in [0, 0.05) is 25.0 Å². The number of aromatic nitrogens is 1. The Bertz CT molecular complexity index is 1510. The van der Waals surface area contributed by atoms with Gasteiger partial charge in [0.05, 0.1) is 40.7 Å². The quantitative estimate of drug-likeness (QED) is 0.223. The van der Waals surface area contributed by atoms with Crippen LogP contribution in [-0.2, 0) is 27.4 Å². The fourth-order valence-electron chi connectivity index (χ4n) is 5.33. The summed E-state index contributed by atoms with van der Waals surface area (Å²) in [6.07, 6.45) is 3.00. The van der Waals surface area contributed by atoms with Crippen molar-refractivity contribution in [2.24, 2.45) is 5.92 Å². The van der Waals surface area contributed by atoms with E-state index in [2.05, 4.69) is 4.90 Å². The highest BCUT2D eigenvalue weighted by Crippen LogP contribution is 2.38. The third-order valence-corrected chi connectivity index (χ3v) is 8.64. The van der Waals surface area contributed by atoms with Crippen molar-refractivity contribution >= 4 is 62.8 Å². The van der Waals surface area contributed by atoms with Gasteiger partial charge in [-0.25, -0.2) is 0 Å². The zero-order valence-electron chi connectivity index (χ0n) is 22.1. The number of aryl methyl sites for hydroxylation is 1. The topological polar surface area (TPSA) is 71.8 Å². The molecule has 202 valence electrons. The normalized spacial score (nSPS) is 17.4. The SMILES string of the molecule is CCOC(=O)C1CCN(c2c(C=C3SC(=S)N(Cc4ccccc4)C3=O)c(=O)n(CC)c3ccccc23)CC1. The summed E-state index contributed by atoms with van der Waals surface area (Å²) in [4.78, 5) is 44.0. The number of hydrogen-bond donors (Lipinski definition) is 0. The van der Waals surface area contributed by atoms with E-state index < -0.39 is 0 Å². The number of para-hydroxylation sites is 1. The Balaban J connectivity index is 1.56. The Morgan fingerprint density at radius 1 is 1.05 bits per heavy atom. The van der Waals surface area contributed by atoms with Crippen LogP contribution in [0.3, 0.4) is 0 Å². The highest BCUT2D eigenvalue weighted by molar-refractivity contribution is 8.26. The van der Waals surface area contributed by atoms with Crippen molar-refractivity contribution in [1.82, 2.24) is 9.47 Å². The smallest absolute Gasteiger partial charge is 0.309 e. The van der Waals surface area contributed by atoms with Crippen molar-refractivity contribution in [2.45, 2.75) is 39.8 Å². The molecule has 2 aliphatic heterocycles. The summed E-state index contributed by atoms with van der Waals surface area (Å²) in [5, 5.41) is 0.944. The molecule has 1 amide bonds. The third-order valence-electron chi connectivity index (χ3n) is 7.26. The van der Waals surface area contributed by atoms with Gasteiger partial charge < -0.3 is 14.2 Å². The van der Waals surface area contributed by atoms with E-state index in [9.17, 15) is 14.4 Å². The average molecular weight is 562 g/mol. The zero-order chi connectivity index (χ0) is 27.5. The Labute approximate surface area is 237 Å². The first-order valence-electron chi connectivity index (χ1n) is 13.3. The van der Waals surface area contributed by atoms with E-state index in [-0.39, 0.29) is 23.4 Å². The predicted molar refractivity (Wildman–Crippen MR) is 161 cm³/mol. The number of esters is 1. The fourth-order valence-corrected chi connectivity index (χ4v) is 6.56. The zero-order valence-corrected chi connectivity index (χ0v) is 23.7. The van der Waals surface area contributed by atoms with E-state index in [4.69, 9.17) is 17.0 Å². The molecule has 0 saturated carbocycles. The lowest BCUT2D eigenvalue weighted by Crippen LogP contribution is -2.39. The lowest BCUT2D eigenvalue weighted by Gasteiger charge is -2.34. The van der Waals surface area contributed by atoms with E-state index in [1.165, 1.54) is 11.8 Å². The molecule has 2 fully saturated rings. The number of benzene rings is 2. The molecule has 2 aliphatic rings. The van der Waals surface area contributed by atoms with Gasteiger partial charge >= 0.3 is 5.97 Å². The minimum Gasteiger partial charge on any atom is -0.466 e. The van der Waals surface area contributed by atoms with Gasteiger partial charge in [-0.3, -0.25) is 19.3 Å². The molecule has 2 aromatic carbocycles. The van der Waals surface area contributed by atoms with Crippen LogP contribution in [0.2, 0.25) is 0 Å². The maximum Gasteiger partial charge on any atom is 0.309 e. The van der Waals surface area contributed by atoms with Gasteiger partial charge in [0.25, 0.3) is 11.5 Å². The molecule has 0 bridgehead atoms. The van der Waals surface area contributed by atoms with Gasteiger partial charge in [0.1, 0.15) is 4.32 Å². The summed E-state index contributed by atoms with van der Waals surface area (Å²) in [7, 11) is 0. The van der Waals surface area contributed by atoms with Crippen LogP contribution >= 0.6 is 24.0 Å². The summed E-state index contributed by atoms with van der Waals surface area (Å²) in [5.41, 5.74) is 2.97. The lowest BCUT2D eigenvalue weighted by atomic mass is 9.95. The maximum atomic E-state index is 13.9. The van der Waals surface area contributed by atoms with Crippen molar-refractivity contribution < 1.29 is 14.3 Å². The Kier molecular flexibility index (Phi) is 8.18. The summed E-state index contributed by atoms with van der Waals surface area (Å²) >= 11 is 6.80. The number of rotatable bonds is 7. The lowest BCUT2D eigenvalue weighted by molar-refractivity contribution is -0.148. The minimum atomic E-state index is -0.198. The molecular formula is C30H31N3O4S2. The average Bonchev–Trinajstić information content (AvgIpc) is 3.21. The molecule has 5 rings (SSSR count). The second-order valence-corrected chi connectivity index (χ2v) is 11.3. The third kappa shape index (κ3) is 5.38. The number of anilines is 1. The van der Waals surface area contributed by atoms with Gasteiger partial charge in [-0.2, -0.15) is 0 Å². The number of amides is 1. The van der Waals surface area contributed by atoms with Crippen LogP contribution in [0.25, 0.3) is 17.0 Å². The van der Waals surface area contributed by atoms with Crippen molar-refractivity contribution in [1.29, 1.82) is 0 Å². The molecule has 1 aromatic heterocycles. The van der Waals surface area contributed by atoms with Crippen LogP contribution in [0.1, 0.15) is 37.8 Å². The van der Waals surface area contributed by atoms with Gasteiger partial charge in [0.15, 0.2) is 0 Å². The summed E-state index contributed by atoms with van der Waals surface area (Å²) < 4.78 is 7.48. The number of fused-ring (bicyclic) bond motifs is 1. The molecule has 9 heteroatoms. The molecule has 0 radical (unpaired) electrons. The van der Waals surface area contributed by atoms with Gasteiger partial charge in [0.2, 0.25) is 0 Å². The number of nitrogens with zero attached hydrogens (tertiary/aromatic N) is 3. The molecule has 0 aliphatic carbocycles. The number of thioether (sulfide) groups is 1. The summed E-state index contributed by atoms with van der Waals surface area (Å²) in [5.74, 6) is -0.511. The number of ether oxygens (including phenoxy) is 1. The van der Waals surface area contributed by atoms with Crippen LogP contribution in [0, 0.1) is 5.92 Å². The molecule has 0 spiro atoms. The first-order valence-corrected chi connectivity index (χ1v) is 14.5. The molecule has 0 N–H and O–H groups in total. The number of carbonyl (C=O) groups is 2. The van der Waals surface area contributed by atoms with E-state index in [1.807, 2.05) is 68.4 Å². The first-order chi connectivity index (χ1) is 18.9. The molecule has 3 aromatic rings. The van der Waals surface area contributed by atoms with Crippen molar-refractivity contribution in [2.75, 3.05) is 24.6 Å². The van der Waals surface area contributed by atoms with Gasteiger partial charge in [-0.15, -0.1) is 0 Å². The second-order valence-electron chi connectivity index (χ2n) is 9.60. The van der Waals surface area contributed by atoms with E-state index in [0.717, 1.165) is 22.2 Å². The van der Waals surface area contributed by atoms with Crippen LogP contribution in [0.5, 0.6) is 0 Å². The Hall–Kier alpha value is -3.43. The second kappa shape index (κ2) is 11.8. The summed E-state index contributed by atoms with van der Waals surface area (Å²) in [6, 6.07) is 17.6. The molecule has 7 nitrogen and oxygen atoms in total. The van der Waals surface area contributed by atoms with Crippen LogP contribution < -0.4 is 10.5 Å². The Morgan fingerprint density at radius 3 is 2.44 bits per heavy atom. The highest BCUT2D eigenvalue weighted by Gasteiger charge is 2.34. The van der Waals surface area contributed by atoms with E-state index >= 15 is 0 Å².